The van der Waals surface area contributed by atoms with Gasteiger partial charge < -0.3 is 0 Å². The van der Waals surface area contributed by atoms with Crippen molar-refractivity contribution in [2.75, 3.05) is 0 Å². The van der Waals surface area contributed by atoms with Crippen LogP contribution in [0.1, 0.15) is 106 Å². The normalized spacial score (nSPS) is 12.7. The van der Waals surface area contributed by atoms with Crippen molar-refractivity contribution < 1.29 is 4.79 Å². The topological polar surface area (TPSA) is 17.1 Å². The summed E-state index contributed by atoms with van der Waals surface area (Å²) >= 11 is 0. The highest BCUT2D eigenvalue weighted by Crippen LogP contribution is 2.28. The summed E-state index contributed by atoms with van der Waals surface area (Å²) in [4.78, 5) is 11.8. The van der Waals surface area contributed by atoms with Crippen LogP contribution in [0.4, 0.5) is 0 Å². The molecule has 0 rings (SSSR count). The van der Waals surface area contributed by atoms with E-state index >= 15 is 0 Å². The Morgan fingerprint density at radius 3 is 1.35 bits per heavy atom. The first-order chi connectivity index (χ1) is 9.22. The fourth-order valence-electron chi connectivity index (χ4n) is 2.33. The van der Waals surface area contributed by atoms with E-state index in [-0.39, 0.29) is 0 Å². The molecular weight excluding hydrogens is 244 g/mol. The van der Waals surface area contributed by atoms with Crippen molar-refractivity contribution in [1.29, 1.82) is 0 Å². The molecule has 1 nitrogen and oxygen atoms in total. The fraction of sp³-hybridized carbons (Fsp3) is 0.947. The summed E-state index contributed by atoms with van der Waals surface area (Å²) in [5.74, 6) is 0.480. The maximum atomic E-state index is 11.8. The lowest BCUT2D eigenvalue weighted by Crippen LogP contribution is -2.10. The number of hydrogen-bond acceptors (Lipinski definition) is 1. The summed E-state index contributed by atoms with van der Waals surface area (Å²) in [6.45, 7) is 13.8. The fourth-order valence-corrected chi connectivity index (χ4v) is 2.33. The van der Waals surface area contributed by atoms with Crippen LogP contribution in [0.3, 0.4) is 0 Å². The van der Waals surface area contributed by atoms with Gasteiger partial charge in [-0.15, -0.1) is 0 Å². The standard InChI is InChI=1S/C19H38O/c1-7-18(3,4)15-11-9-13-17(20)14-10-12-16-19(5,6)8-2/h7-16H2,1-6H3. The third-order valence-electron chi connectivity index (χ3n) is 5.03. The van der Waals surface area contributed by atoms with Gasteiger partial charge >= 0.3 is 0 Å². The average Bonchev–Trinajstić information content (AvgIpc) is 2.40. The molecule has 20 heavy (non-hydrogen) atoms. The molecule has 0 bridgehead atoms. The van der Waals surface area contributed by atoms with E-state index in [0.29, 0.717) is 16.6 Å². The zero-order valence-corrected chi connectivity index (χ0v) is 15.0. The summed E-state index contributed by atoms with van der Waals surface area (Å²) in [5, 5.41) is 0. The van der Waals surface area contributed by atoms with Crippen molar-refractivity contribution in [3.63, 3.8) is 0 Å². The van der Waals surface area contributed by atoms with Gasteiger partial charge in [0.2, 0.25) is 0 Å². The van der Waals surface area contributed by atoms with Crippen LogP contribution < -0.4 is 0 Å². The molecule has 0 aromatic heterocycles. The average molecular weight is 283 g/mol. The maximum Gasteiger partial charge on any atom is 0.132 e. The SMILES string of the molecule is CCC(C)(C)CCCCC(=O)CCCCC(C)(C)CC. The van der Waals surface area contributed by atoms with Crippen molar-refractivity contribution in [3.8, 4) is 0 Å². The Balaban J connectivity index is 3.56. The molecule has 0 unspecified atom stereocenters. The van der Waals surface area contributed by atoms with Crippen LogP contribution in [0.15, 0.2) is 0 Å². The predicted octanol–water partition coefficient (Wildman–Crippen LogP) is 6.55. The molecule has 0 atom stereocenters. The Morgan fingerprint density at radius 1 is 0.700 bits per heavy atom. The molecule has 0 aliphatic rings. The second-order valence-corrected chi connectivity index (χ2v) is 7.99. The number of ketones is 1. The van der Waals surface area contributed by atoms with Gasteiger partial charge in [0.05, 0.1) is 0 Å². The second kappa shape index (κ2) is 9.58. The molecule has 0 spiro atoms. The molecule has 0 saturated carbocycles. The lowest BCUT2D eigenvalue weighted by Gasteiger charge is -2.22. The molecule has 0 aliphatic carbocycles. The van der Waals surface area contributed by atoms with Gasteiger partial charge in [0, 0.05) is 12.8 Å². The highest BCUT2D eigenvalue weighted by Gasteiger charge is 2.15. The first-order valence-electron chi connectivity index (χ1n) is 8.74. The van der Waals surface area contributed by atoms with E-state index in [1.54, 1.807) is 0 Å². The zero-order chi connectivity index (χ0) is 15.6. The van der Waals surface area contributed by atoms with E-state index in [0.717, 1.165) is 25.7 Å². The number of unbranched alkanes of at least 4 members (excludes halogenated alkanes) is 2. The maximum absolute atomic E-state index is 11.8. The van der Waals surface area contributed by atoms with Crippen molar-refractivity contribution in [1.82, 2.24) is 0 Å². The van der Waals surface area contributed by atoms with Crippen molar-refractivity contribution in [3.05, 3.63) is 0 Å². The van der Waals surface area contributed by atoms with Crippen LogP contribution in [0.2, 0.25) is 0 Å². The molecule has 0 aliphatic heterocycles. The van der Waals surface area contributed by atoms with Gasteiger partial charge in [0.25, 0.3) is 0 Å². The quantitative estimate of drug-likeness (QED) is 0.371. The lowest BCUT2D eigenvalue weighted by atomic mass is 9.84. The number of carbonyl (C=O) groups excluding carboxylic acids is 1. The minimum Gasteiger partial charge on any atom is -0.300 e. The minimum atomic E-state index is 0.453. The Bertz CT molecular complexity index is 237. The largest absolute Gasteiger partial charge is 0.300 e. The number of hydrogen-bond donors (Lipinski definition) is 0. The van der Waals surface area contributed by atoms with Crippen LogP contribution in [0, 0.1) is 10.8 Å². The van der Waals surface area contributed by atoms with E-state index in [9.17, 15) is 4.79 Å². The molecule has 0 amide bonds. The molecule has 1 heteroatoms. The van der Waals surface area contributed by atoms with Crippen LogP contribution >= 0.6 is 0 Å². The molecule has 0 heterocycles. The monoisotopic (exact) mass is 282 g/mol. The van der Waals surface area contributed by atoms with Gasteiger partial charge in [-0.2, -0.15) is 0 Å². The second-order valence-electron chi connectivity index (χ2n) is 7.99. The number of carbonyl (C=O) groups is 1. The highest BCUT2D eigenvalue weighted by molar-refractivity contribution is 5.78. The molecule has 120 valence electrons. The van der Waals surface area contributed by atoms with Crippen molar-refractivity contribution in [2.24, 2.45) is 10.8 Å². The summed E-state index contributed by atoms with van der Waals surface area (Å²) in [6.07, 6.45) is 11.1. The van der Waals surface area contributed by atoms with Gasteiger partial charge in [-0.25, -0.2) is 0 Å². The Labute approximate surface area is 127 Å². The Hall–Kier alpha value is -0.330. The smallest absolute Gasteiger partial charge is 0.132 e. The molecule has 0 aromatic rings. The summed E-state index contributed by atoms with van der Waals surface area (Å²) in [7, 11) is 0. The van der Waals surface area contributed by atoms with Crippen molar-refractivity contribution in [2.45, 2.75) is 106 Å². The number of Topliss-reactive ketones (excluding diaryl/α,β-unsaturated/α-hetero) is 1. The van der Waals surface area contributed by atoms with Crippen LogP contribution in [-0.4, -0.2) is 5.78 Å². The third-order valence-corrected chi connectivity index (χ3v) is 5.03. The zero-order valence-electron chi connectivity index (χ0n) is 15.0. The highest BCUT2D eigenvalue weighted by atomic mass is 16.1. The Morgan fingerprint density at radius 2 is 1.05 bits per heavy atom. The van der Waals surface area contributed by atoms with Crippen molar-refractivity contribution >= 4 is 5.78 Å². The summed E-state index contributed by atoms with van der Waals surface area (Å²) < 4.78 is 0. The number of rotatable bonds is 12. The van der Waals surface area contributed by atoms with E-state index in [2.05, 4.69) is 41.5 Å². The Kier molecular flexibility index (Phi) is 9.42. The van der Waals surface area contributed by atoms with Gasteiger partial charge in [0.1, 0.15) is 5.78 Å². The first kappa shape index (κ1) is 19.7. The van der Waals surface area contributed by atoms with E-state index < -0.39 is 0 Å². The van der Waals surface area contributed by atoms with Gasteiger partial charge in [0.15, 0.2) is 0 Å². The van der Waals surface area contributed by atoms with Gasteiger partial charge in [-0.3, -0.25) is 4.79 Å². The van der Waals surface area contributed by atoms with Gasteiger partial charge in [-0.05, 0) is 36.5 Å². The molecular formula is C19H38O. The van der Waals surface area contributed by atoms with Crippen LogP contribution in [0.25, 0.3) is 0 Å². The third kappa shape index (κ3) is 10.5. The molecule has 0 fully saturated rings. The summed E-state index contributed by atoms with van der Waals surface area (Å²) in [6, 6.07) is 0. The minimum absolute atomic E-state index is 0.453. The van der Waals surface area contributed by atoms with E-state index in [1.165, 1.54) is 38.5 Å². The molecule has 0 aromatic carbocycles. The van der Waals surface area contributed by atoms with Crippen LogP contribution in [-0.2, 0) is 4.79 Å². The molecule has 0 saturated heterocycles. The molecule has 0 N–H and O–H groups in total. The van der Waals surface area contributed by atoms with Gasteiger partial charge in [-0.1, -0.05) is 67.2 Å². The summed E-state index contributed by atoms with van der Waals surface area (Å²) in [5.41, 5.74) is 0.906. The lowest BCUT2D eigenvalue weighted by molar-refractivity contribution is -0.119. The predicted molar refractivity (Wildman–Crippen MR) is 90.1 cm³/mol. The first-order valence-corrected chi connectivity index (χ1v) is 8.74. The molecule has 0 radical (unpaired) electrons. The van der Waals surface area contributed by atoms with Crippen LogP contribution in [0.5, 0.6) is 0 Å². The van der Waals surface area contributed by atoms with E-state index in [4.69, 9.17) is 0 Å². The van der Waals surface area contributed by atoms with E-state index in [1.807, 2.05) is 0 Å².